The van der Waals surface area contributed by atoms with Gasteiger partial charge in [-0.15, -0.1) is 10.2 Å². The SMILES string of the molecule is Cc1ccc(N2CCN(CC(O)COc3cccc(-c4nnco4)c3)CC2)cc1Cl. The molecule has 0 spiro atoms. The average Bonchev–Trinajstić information content (AvgIpc) is 3.30. The van der Waals surface area contributed by atoms with Crippen molar-refractivity contribution in [3.8, 4) is 17.2 Å². The van der Waals surface area contributed by atoms with Crippen LogP contribution in [0.15, 0.2) is 53.3 Å². The maximum atomic E-state index is 10.4. The van der Waals surface area contributed by atoms with Crippen molar-refractivity contribution in [3.05, 3.63) is 59.4 Å². The van der Waals surface area contributed by atoms with Gasteiger partial charge in [0, 0.05) is 49.0 Å². The Morgan fingerprint density at radius 3 is 2.73 bits per heavy atom. The molecule has 1 unspecified atom stereocenters. The first kappa shape index (κ1) is 20.7. The molecular weight excluding hydrogens is 404 g/mol. The first-order valence-electron chi connectivity index (χ1n) is 9.99. The molecule has 3 aromatic rings. The molecule has 1 fully saturated rings. The van der Waals surface area contributed by atoms with E-state index in [1.54, 1.807) is 0 Å². The van der Waals surface area contributed by atoms with Crippen LogP contribution in [0.1, 0.15) is 5.56 Å². The molecule has 1 aromatic heterocycles. The number of aliphatic hydroxyl groups excluding tert-OH is 1. The van der Waals surface area contributed by atoms with Gasteiger partial charge in [0.25, 0.3) is 0 Å². The van der Waals surface area contributed by atoms with Crippen LogP contribution in [0.3, 0.4) is 0 Å². The van der Waals surface area contributed by atoms with Crippen LogP contribution >= 0.6 is 11.6 Å². The Morgan fingerprint density at radius 2 is 2.00 bits per heavy atom. The first-order chi connectivity index (χ1) is 14.6. The third-order valence-corrected chi connectivity index (χ3v) is 5.65. The molecule has 1 aliphatic heterocycles. The van der Waals surface area contributed by atoms with Gasteiger partial charge in [-0.1, -0.05) is 23.7 Å². The average molecular weight is 429 g/mol. The van der Waals surface area contributed by atoms with Crippen molar-refractivity contribution in [3.63, 3.8) is 0 Å². The minimum absolute atomic E-state index is 0.223. The molecular formula is C22H25ClN4O3. The van der Waals surface area contributed by atoms with Gasteiger partial charge < -0.3 is 19.2 Å². The second-order valence-corrected chi connectivity index (χ2v) is 7.86. The second-order valence-electron chi connectivity index (χ2n) is 7.46. The van der Waals surface area contributed by atoms with Gasteiger partial charge in [-0.25, -0.2) is 0 Å². The van der Waals surface area contributed by atoms with E-state index in [4.69, 9.17) is 20.8 Å². The number of rotatable bonds is 7. The summed E-state index contributed by atoms with van der Waals surface area (Å²) in [6.45, 7) is 6.38. The summed E-state index contributed by atoms with van der Waals surface area (Å²) in [7, 11) is 0. The highest BCUT2D eigenvalue weighted by molar-refractivity contribution is 6.31. The van der Waals surface area contributed by atoms with Gasteiger partial charge in [0.05, 0.1) is 0 Å². The summed E-state index contributed by atoms with van der Waals surface area (Å²) >= 11 is 6.26. The molecule has 1 atom stereocenters. The third kappa shape index (κ3) is 5.11. The smallest absolute Gasteiger partial charge is 0.247 e. The summed E-state index contributed by atoms with van der Waals surface area (Å²) in [6.07, 6.45) is 0.720. The zero-order chi connectivity index (χ0) is 20.9. The van der Waals surface area contributed by atoms with Crippen molar-refractivity contribution in [2.24, 2.45) is 0 Å². The molecule has 158 valence electrons. The standard InChI is InChI=1S/C22H25ClN4O3/c1-16-5-6-18(12-21(16)23)27-9-7-26(8-10-27)13-19(28)14-29-20-4-2-3-17(11-20)22-25-24-15-30-22/h2-6,11-12,15,19,28H,7-10,13-14H2,1H3. The van der Waals surface area contributed by atoms with E-state index in [1.807, 2.05) is 37.3 Å². The van der Waals surface area contributed by atoms with Crippen LogP contribution < -0.4 is 9.64 Å². The quantitative estimate of drug-likeness (QED) is 0.619. The molecule has 2 aromatic carbocycles. The first-order valence-corrected chi connectivity index (χ1v) is 10.4. The summed E-state index contributed by atoms with van der Waals surface area (Å²) in [5.41, 5.74) is 3.02. The number of hydrogen-bond acceptors (Lipinski definition) is 7. The predicted octanol–water partition coefficient (Wildman–Crippen LogP) is 3.26. The number of anilines is 1. The molecule has 0 radical (unpaired) electrons. The molecule has 0 amide bonds. The van der Waals surface area contributed by atoms with Crippen molar-refractivity contribution in [2.75, 3.05) is 44.2 Å². The van der Waals surface area contributed by atoms with Crippen LogP contribution in [0.25, 0.3) is 11.5 Å². The monoisotopic (exact) mass is 428 g/mol. The number of ether oxygens (including phenoxy) is 1. The van der Waals surface area contributed by atoms with Gasteiger partial charge in [-0.3, -0.25) is 4.90 Å². The summed E-state index contributed by atoms with van der Waals surface area (Å²) in [6, 6.07) is 13.6. The van der Waals surface area contributed by atoms with Gasteiger partial charge in [-0.2, -0.15) is 0 Å². The number of aromatic nitrogens is 2. The van der Waals surface area contributed by atoms with E-state index in [0.717, 1.165) is 48.0 Å². The molecule has 1 N–H and O–H groups in total. The lowest BCUT2D eigenvalue weighted by atomic mass is 10.2. The number of aliphatic hydroxyl groups is 1. The van der Waals surface area contributed by atoms with Gasteiger partial charge in [0.1, 0.15) is 18.5 Å². The van der Waals surface area contributed by atoms with E-state index in [1.165, 1.54) is 6.39 Å². The summed E-state index contributed by atoms with van der Waals surface area (Å²) < 4.78 is 11.0. The lowest BCUT2D eigenvalue weighted by Crippen LogP contribution is -2.49. The van der Waals surface area contributed by atoms with Gasteiger partial charge in [0.15, 0.2) is 0 Å². The number of aryl methyl sites for hydroxylation is 1. The zero-order valence-corrected chi connectivity index (χ0v) is 17.6. The fourth-order valence-corrected chi connectivity index (χ4v) is 3.70. The van der Waals surface area contributed by atoms with E-state index in [-0.39, 0.29) is 6.61 Å². The molecule has 7 nitrogen and oxygen atoms in total. The van der Waals surface area contributed by atoms with Crippen molar-refractivity contribution in [1.29, 1.82) is 0 Å². The van der Waals surface area contributed by atoms with Crippen LogP contribution in [0.2, 0.25) is 5.02 Å². The van der Waals surface area contributed by atoms with E-state index < -0.39 is 6.10 Å². The predicted molar refractivity (Wildman–Crippen MR) is 116 cm³/mol. The third-order valence-electron chi connectivity index (χ3n) is 5.25. The Hall–Kier alpha value is -2.61. The second kappa shape index (κ2) is 9.47. The summed E-state index contributed by atoms with van der Waals surface area (Å²) in [4.78, 5) is 4.59. The Balaban J connectivity index is 1.24. The summed E-state index contributed by atoms with van der Waals surface area (Å²) in [5.74, 6) is 1.10. The Morgan fingerprint density at radius 1 is 1.17 bits per heavy atom. The molecule has 1 saturated heterocycles. The lowest BCUT2D eigenvalue weighted by Gasteiger charge is -2.37. The number of nitrogens with zero attached hydrogens (tertiary/aromatic N) is 4. The van der Waals surface area contributed by atoms with Crippen LogP contribution in [0.4, 0.5) is 5.69 Å². The number of hydrogen-bond donors (Lipinski definition) is 1. The molecule has 4 rings (SSSR count). The zero-order valence-electron chi connectivity index (χ0n) is 16.9. The minimum Gasteiger partial charge on any atom is -0.491 e. The lowest BCUT2D eigenvalue weighted by molar-refractivity contribution is 0.0663. The van der Waals surface area contributed by atoms with Crippen LogP contribution in [-0.4, -0.2) is 65.6 Å². The van der Waals surface area contributed by atoms with Gasteiger partial charge >= 0.3 is 0 Å². The highest BCUT2D eigenvalue weighted by atomic mass is 35.5. The topological polar surface area (TPSA) is 74.9 Å². The number of piperazine rings is 1. The van der Waals surface area contributed by atoms with Crippen molar-refractivity contribution >= 4 is 17.3 Å². The molecule has 8 heteroatoms. The number of halogens is 1. The normalized spacial score (nSPS) is 15.9. The Labute approximate surface area is 180 Å². The van der Waals surface area contributed by atoms with E-state index in [9.17, 15) is 5.11 Å². The van der Waals surface area contributed by atoms with Crippen LogP contribution in [0.5, 0.6) is 5.75 Å². The van der Waals surface area contributed by atoms with Crippen molar-refractivity contribution in [1.82, 2.24) is 15.1 Å². The molecule has 1 aliphatic rings. The van der Waals surface area contributed by atoms with Gasteiger partial charge in [-0.05, 0) is 42.8 Å². The number of benzene rings is 2. The maximum absolute atomic E-state index is 10.4. The fourth-order valence-electron chi connectivity index (χ4n) is 3.53. The molecule has 0 aliphatic carbocycles. The van der Waals surface area contributed by atoms with E-state index in [0.29, 0.717) is 18.2 Å². The fraction of sp³-hybridized carbons (Fsp3) is 0.364. The van der Waals surface area contributed by atoms with Gasteiger partial charge in [0.2, 0.25) is 12.3 Å². The van der Waals surface area contributed by atoms with Crippen molar-refractivity contribution < 1.29 is 14.3 Å². The Bertz CT molecular complexity index is 959. The largest absolute Gasteiger partial charge is 0.491 e. The molecule has 30 heavy (non-hydrogen) atoms. The molecule has 2 heterocycles. The van der Waals surface area contributed by atoms with Crippen molar-refractivity contribution in [2.45, 2.75) is 13.0 Å². The summed E-state index contributed by atoms with van der Waals surface area (Å²) in [5, 5.41) is 18.8. The molecule has 0 saturated carbocycles. The minimum atomic E-state index is -0.572. The maximum Gasteiger partial charge on any atom is 0.247 e. The van der Waals surface area contributed by atoms with Crippen LogP contribution in [-0.2, 0) is 0 Å². The number of β-amino-alcohol motifs (C(OH)–C–C–N with tert-alkyl or cyclic N) is 1. The highest BCUT2D eigenvalue weighted by Gasteiger charge is 2.20. The van der Waals surface area contributed by atoms with E-state index in [2.05, 4.69) is 32.1 Å². The molecule has 0 bridgehead atoms. The highest BCUT2D eigenvalue weighted by Crippen LogP contribution is 2.24. The van der Waals surface area contributed by atoms with Crippen LogP contribution in [0, 0.1) is 6.92 Å². The van der Waals surface area contributed by atoms with E-state index >= 15 is 0 Å². The Kier molecular flexibility index (Phi) is 6.52.